The van der Waals surface area contributed by atoms with Gasteiger partial charge < -0.3 is 25.2 Å². The fraction of sp³-hybridized carbons (Fsp3) is 0.714. The lowest BCUT2D eigenvalue weighted by Crippen LogP contribution is -2.06. The molecule has 0 bridgehead atoms. The van der Waals surface area contributed by atoms with E-state index >= 15 is 0 Å². The van der Waals surface area contributed by atoms with Crippen molar-refractivity contribution in [3.05, 3.63) is 0 Å². The molecule has 0 aliphatic carbocycles. The first-order valence-electron chi connectivity index (χ1n) is 6.84. The Kier molecular flexibility index (Phi) is 15.0. The van der Waals surface area contributed by atoms with Gasteiger partial charge in [-0.1, -0.05) is 51.4 Å². The predicted octanol–water partition coefficient (Wildman–Crippen LogP) is 2.45. The summed E-state index contributed by atoms with van der Waals surface area (Å²) in [6, 6.07) is 0. The highest BCUT2D eigenvalue weighted by Crippen LogP contribution is 2.01. The van der Waals surface area contributed by atoms with Crippen LogP contribution in [0.1, 0.15) is 52.4 Å². The van der Waals surface area contributed by atoms with Gasteiger partial charge in [-0.15, -0.1) is 0 Å². The molecule has 2 unspecified atom stereocenters. The van der Waals surface area contributed by atoms with E-state index in [0.717, 1.165) is 25.7 Å². The van der Waals surface area contributed by atoms with Crippen LogP contribution in [-0.2, 0) is 4.74 Å². The maximum atomic E-state index is 9.37. The topological polar surface area (TPSA) is 124 Å². The fourth-order valence-electron chi connectivity index (χ4n) is 1.21. The van der Waals surface area contributed by atoms with Gasteiger partial charge in [0.15, 0.2) is 0 Å². The molecular formula is C14H24O7. The van der Waals surface area contributed by atoms with Crippen LogP contribution in [-0.4, -0.2) is 44.9 Å². The van der Waals surface area contributed by atoms with Crippen molar-refractivity contribution in [2.45, 2.75) is 64.6 Å². The average Bonchev–Trinajstić information content (AvgIpc) is 2.39. The summed E-state index contributed by atoms with van der Waals surface area (Å²) in [4.78, 5) is 18.4. The molecule has 21 heavy (non-hydrogen) atoms. The van der Waals surface area contributed by atoms with Crippen LogP contribution in [0.4, 0.5) is 9.59 Å². The second kappa shape index (κ2) is 14.6. The molecule has 0 saturated heterocycles. The van der Waals surface area contributed by atoms with Crippen molar-refractivity contribution in [3.8, 4) is 11.8 Å². The third-order valence-corrected chi connectivity index (χ3v) is 2.25. The zero-order valence-electron chi connectivity index (χ0n) is 12.4. The van der Waals surface area contributed by atoms with Crippen molar-refractivity contribution in [3.63, 3.8) is 0 Å². The number of hydrogen-bond acceptors (Lipinski definition) is 5. The molecule has 0 aromatic rings. The number of carboxylic acid groups (broad SMARTS) is 2. The minimum Gasteiger partial charge on any atom is -0.449 e. The van der Waals surface area contributed by atoms with Crippen molar-refractivity contribution in [2.24, 2.45) is 0 Å². The molecule has 0 aliphatic heterocycles. The molecule has 0 aromatic carbocycles. The van der Waals surface area contributed by atoms with Crippen molar-refractivity contribution in [2.75, 3.05) is 0 Å². The maximum Gasteiger partial charge on any atom is 0.516 e. The fourth-order valence-corrected chi connectivity index (χ4v) is 1.21. The Morgan fingerprint density at radius 2 is 1.24 bits per heavy atom. The zero-order valence-corrected chi connectivity index (χ0v) is 12.4. The highest BCUT2D eigenvalue weighted by atomic mass is 16.7. The van der Waals surface area contributed by atoms with Gasteiger partial charge in [0.25, 0.3) is 0 Å². The third kappa shape index (κ3) is 20.7. The predicted molar refractivity (Wildman–Crippen MR) is 76.0 cm³/mol. The number of carbonyl (C=O) groups is 2. The standard InChI is InChI=1S/C12H22O2.C2H2O5/c1-3-5-7-11(13)9-10-12(14)8-6-4-2;3-1(4)7-2(5)6/h11-14H,3-8H2,1-2H3;(H,3,4)(H,5,6). The third-order valence-electron chi connectivity index (χ3n) is 2.25. The van der Waals surface area contributed by atoms with E-state index in [1.54, 1.807) is 0 Å². The highest BCUT2D eigenvalue weighted by Gasteiger charge is 2.01. The van der Waals surface area contributed by atoms with Crippen LogP contribution < -0.4 is 0 Å². The Hall–Kier alpha value is -1.78. The summed E-state index contributed by atoms with van der Waals surface area (Å²) in [6.07, 6.45) is 0.779. The molecule has 0 spiro atoms. The van der Waals surface area contributed by atoms with Crippen molar-refractivity contribution < 1.29 is 34.8 Å². The summed E-state index contributed by atoms with van der Waals surface area (Å²) < 4.78 is 3.08. The molecule has 0 aromatic heterocycles. The van der Waals surface area contributed by atoms with E-state index in [1.165, 1.54) is 0 Å². The summed E-state index contributed by atoms with van der Waals surface area (Å²) in [7, 11) is 0. The van der Waals surface area contributed by atoms with Crippen LogP contribution in [0.5, 0.6) is 0 Å². The second-order valence-electron chi connectivity index (χ2n) is 4.24. The van der Waals surface area contributed by atoms with E-state index in [4.69, 9.17) is 10.2 Å². The Bertz CT molecular complexity index is 313. The van der Waals surface area contributed by atoms with Gasteiger partial charge in [0.2, 0.25) is 0 Å². The Morgan fingerprint density at radius 1 is 0.905 bits per heavy atom. The first kappa shape index (κ1) is 21.5. The van der Waals surface area contributed by atoms with Gasteiger partial charge in [0, 0.05) is 0 Å². The smallest absolute Gasteiger partial charge is 0.449 e. The minimum absolute atomic E-state index is 0.564. The number of hydrogen-bond donors (Lipinski definition) is 4. The van der Waals surface area contributed by atoms with Crippen LogP contribution in [0, 0.1) is 11.8 Å². The zero-order chi connectivity index (χ0) is 16.7. The van der Waals surface area contributed by atoms with Gasteiger partial charge in [-0.2, -0.15) is 0 Å². The van der Waals surface area contributed by atoms with Gasteiger partial charge >= 0.3 is 12.3 Å². The Balaban J connectivity index is 0. The minimum atomic E-state index is -1.81. The van der Waals surface area contributed by atoms with E-state index < -0.39 is 24.5 Å². The first-order chi connectivity index (χ1) is 9.83. The summed E-state index contributed by atoms with van der Waals surface area (Å²) in [5.41, 5.74) is 0. The largest absolute Gasteiger partial charge is 0.516 e. The molecule has 7 heteroatoms. The molecule has 4 N–H and O–H groups in total. The molecule has 0 amide bonds. The Labute approximate surface area is 124 Å². The number of unbranched alkanes of at least 4 members (excludes halogenated alkanes) is 2. The van der Waals surface area contributed by atoms with Crippen molar-refractivity contribution >= 4 is 12.3 Å². The van der Waals surface area contributed by atoms with E-state index in [2.05, 4.69) is 30.4 Å². The van der Waals surface area contributed by atoms with Gasteiger partial charge in [0.05, 0.1) is 0 Å². The molecule has 122 valence electrons. The van der Waals surface area contributed by atoms with E-state index in [1.807, 2.05) is 0 Å². The molecule has 0 fully saturated rings. The van der Waals surface area contributed by atoms with Gasteiger partial charge in [-0.05, 0) is 12.8 Å². The van der Waals surface area contributed by atoms with Gasteiger partial charge in [0.1, 0.15) is 12.2 Å². The Morgan fingerprint density at radius 3 is 1.43 bits per heavy atom. The summed E-state index contributed by atoms with van der Waals surface area (Å²) >= 11 is 0. The summed E-state index contributed by atoms with van der Waals surface area (Å²) in [5.74, 6) is 5.36. The monoisotopic (exact) mass is 304 g/mol. The number of aliphatic hydroxyl groups excluding tert-OH is 2. The number of rotatable bonds is 6. The van der Waals surface area contributed by atoms with Gasteiger partial charge in [-0.3, -0.25) is 0 Å². The quantitative estimate of drug-likeness (QED) is 0.337. The molecule has 7 nitrogen and oxygen atoms in total. The van der Waals surface area contributed by atoms with Gasteiger partial charge in [-0.25, -0.2) is 9.59 Å². The van der Waals surface area contributed by atoms with Crippen LogP contribution >= 0.6 is 0 Å². The molecule has 0 radical (unpaired) electrons. The molecular weight excluding hydrogens is 280 g/mol. The van der Waals surface area contributed by atoms with Crippen LogP contribution in [0.25, 0.3) is 0 Å². The van der Waals surface area contributed by atoms with Crippen molar-refractivity contribution in [1.82, 2.24) is 0 Å². The molecule has 0 aliphatic rings. The summed E-state index contributed by atoms with van der Waals surface area (Å²) in [5, 5.41) is 33.7. The molecule has 0 heterocycles. The second-order valence-corrected chi connectivity index (χ2v) is 4.24. The van der Waals surface area contributed by atoms with E-state index in [9.17, 15) is 19.8 Å². The highest BCUT2D eigenvalue weighted by molar-refractivity contribution is 5.74. The SMILES string of the molecule is CCCCC(O)C#CC(O)CCCC.O=C(O)OC(=O)O. The van der Waals surface area contributed by atoms with Crippen LogP contribution in [0.2, 0.25) is 0 Å². The van der Waals surface area contributed by atoms with Crippen LogP contribution in [0.15, 0.2) is 0 Å². The van der Waals surface area contributed by atoms with Crippen LogP contribution in [0.3, 0.4) is 0 Å². The number of aliphatic hydroxyl groups is 2. The molecule has 2 atom stereocenters. The molecule has 0 rings (SSSR count). The first-order valence-corrected chi connectivity index (χ1v) is 6.84. The average molecular weight is 304 g/mol. The lowest BCUT2D eigenvalue weighted by molar-refractivity contribution is 0.0802. The lowest BCUT2D eigenvalue weighted by Gasteiger charge is -2.03. The number of ether oxygens (including phenoxy) is 1. The maximum absolute atomic E-state index is 9.37. The van der Waals surface area contributed by atoms with Crippen molar-refractivity contribution in [1.29, 1.82) is 0 Å². The van der Waals surface area contributed by atoms with E-state index in [0.29, 0.717) is 12.8 Å². The normalized spacial score (nSPS) is 12.0. The lowest BCUT2D eigenvalue weighted by atomic mass is 10.1. The summed E-state index contributed by atoms with van der Waals surface area (Å²) in [6.45, 7) is 4.16. The van der Waals surface area contributed by atoms with E-state index in [-0.39, 0.29) is 0 Å². The molecule has 0 saturated carbocycles.